The summed E-state index contributed by atoms with van der Waals surface area (Å²) >= 11 is 0. The fourth-order valence-electron chi connectivity index (χ4n) is 1.81. The summed E-state index contributed by atoms with van der Waals surface area (Å²) in [6, 6.07) is 0. The molecule has 3 N–H and O–H groups in total. The normalized spacial score (nSPS) is 15.8. The first-order chi connectivity index (χ1) is 7.22. The van der Waals surface area contributed by atoms with E-state index in [0.29, 0.717) is 0 Å². The Morgan fingerprint density at radius 3 is 2.47 bits per heavy atom. The summed E-state index contributed by atoms with van der Waals surface area (Å²) in [6.07, 6.45) is 2.45. The first kappa shape index (κ1) is 10.2. The van der Waals surface area contributed by atoms with Crippen LogP contribution >= 0.6 is 0 Å². The van der Waals surface area contributed by atoms with Crippen molar-refractivity contribution in [3.63, 3.8) is 0 Å². The third-order valence-electron chi connectivity index (χ3n) is 2.90. The molecule has 0 amide bonds. The number of nitrogens with two attached hydrogens (primary N) is 1. The van der Waals surface area contributed by atoms with Gasteiger partial charge in [0.2, 0.25) is 5.95 Å². The predicted octanol–water partition coefficient (Wildman–Crippen LogP) is 0.979. The maximum absolute atomic E-state index is 5.43. The minimum atomic E-state index is 0.726. The number of aryl methyl sites for hydroxylation is 1. The van der Waals surface area contributed by atoms with Crippen molar-refractivity contribution in [1.29, 1.82) is 0 Å². The Morgan fingerprint density at radius 1 is 1.20 bits per heavy atom. The van der Waals surface area contributed by atoms with Crippen LogP contribution in [-0.2, 0) is 0 Å². The zero-order chi connectivity index (χ0) is 10.8. The molecule has 0 radical (unpaired) electrons. The predicted molar refractivity (Wildman–Crippen MR) is 60.8 cm³/mol. The summed E-state index contributed by atoms with van der Waals surface area (Å²) in [5.41, 5.74) is 4.62. The average Bonchev–Trinajstić information content (AvgIpc) is 2.75. The van der Waals surface area contributed by atoms with Crippen LogP contribution in [0.1, 0.15) is 24.1 Å². The second-order valence-electron chi connectivity index (χ2n) is 3.92. The first-order valence-corrected chi connectivity index (χ1v) is 5.29. The van der Waals surface area contributed by atoms with Crippen LogP contribution in [0.3, 0.4) is 0 Å². The lowest BCUT2D eigenvalue weighted by Crippen LogP contribution is -2.22. The third-order valence-corrected chi connectivity index (χ3v) is 2.90. The van der Waals surface area contributed by atoms with Crippen LogP contribution in [0.5, 0.6) is 0 Å². The minimum Gasteiger partial charge on any atom is -0.341 e. The molecule has 1 aromatic rings. The van der Waals surface area contributed by atoms with Gasteiger partial charge in [0.1, 0.15) is 5.82 Å². The molecule has 0 spiro atoms. The second kappa shape index (κ2) is 4.02. The molecule has 1 aliphatic heterocycles. The van der Waals surface area contributed by atoms with Crippen LogP contribution in [0.25, 0.3) is 0 Å². The van der Waals surface area contributed by atoms with Crippen LogP contribution < -0.4 is 16.2 Å². The summed E-state index contributed by atoms with van der Waals surface area (Å²) in [6.45, 7) is 6.05. The van der Waals surface area contributed by atoms with Gasteiger partial charge in [0.25, 0.3) is 0 Å². The summed E-state index contributed by atoms with van der Waals surface area (Å²) in [5, 5.41) is 0. The maximum atomic E-state index is 5.43. The van der Waals surface area contributed by atoms with Crippen molar-refractivity contribution >= 4 is 11.8 Å². The van der Waals surface area contributed by atoms with Crippen molar-refractivity contribution < 1.29 is 0 Å². The van der Waals surface area contributed by atoms with Crippen LogP contribution in [0, 0.1) is 13.8 Å². The Kier molecular flexibility index (Phi) is 2.73. The molecule has 15 heavy (non-hydrogen) atoms. The van der Waals surface area contributed by atoms with E-state index in [-0.39, 0.29) is 0 Å². The van der Waals surface area contributed by atoms with Crippen molar-refractivity contribution in [3.05, 3.63) is 11.3 Å². The molecule has 5 nitrogen and oxygen atoms in total. The molecule has 2 rings (SSSR count). The molecule has 5 heteroatoms. The van der Waals surface area contributed by atoms with Gasteiger partial charge < -0.3 is 10.3 Å². The molecule has 0 aromatic carbocycles. The van der Waals surface area contributed by atoms with Gasteiger partial charge >= 0.3 is 0 Å². The highest BCUT2D eigenvalue weighted by molar-refractivity contribution is 5.49. The molecular weight excluding hydrogens is 190 g/mol. The molecule has 0 atom stereocenters. The summed E-state index contributed by atoms with van der Waals surface area (Å²) < 4.78 is 0. The minimum absolute atomic E-state index is 0.726. The van der Waals surface area contributed by atoms with Gasteiger partial charge in [0.05, 0.1) is 0 Å². The number of aromatic nitrogens is 2. The molecule has 1 fully saturated rings. The van der Waals surface area contributed by atoms with Crippen molar-refractivity contribution in [2.24, 2.45) is 5.84 Å². The number of hydrogen-bond donors (Lipinski definition) is 2. The van der Waals surface area contributed by atoms with E-state index >= 15 is 0 Å². The van der Waals surface area contributed by atoms with Gasteiger partial charge in [0, 0.05) is 24.3 Å². The quantitative estimate of drug-likeness (QED) is 0.559. The number of nitrogens with zero attached hydrogens (tertiary/aromatic N) is 3. The van der Waals surface area contributed by atoms with Crippen molar-refractivity contribution in [3.8, 4) is 0 Å². The fraction of sp³-hybridized carbons (Fsp3) is 0.600. The van der Waals surface area contributed by atoms with Gasteiger partial charge in [-0.3, -0.25) is 0 Å². The third kappa shape index (κ3) is 1.87. The van der Waals surface area contributed by atoms with Crippen molar-refractivity contribution in [2.75, 3.05) is 23.4 Å². The smallest absolute Gasteiger partial charge is 0.227 e. The van der Waals surface area contributed by atoms with Gasteiger partial charge in [-0.15, -0.1) is 0 Å². The van der Waals surface area contributed by atoms with E-state index in [1.807, 2.05) is 13.8 Å². The second-order valence-corrected chi connectivity index (χ2v) is 3.92. The number of hydrazine groups is 1. The van der Waals surface area contributed by atoms with E-state index < -0.39 is 0 Å². The van der Waals surface area contributed by atoms with Gasteiger partial charge in [0.15, 0.2) is 0 Å². The molecule has 82 valence electrons. The molecule has 0 aliphatic carbocycles. The number of rotatable bonds is 2. The van der Waals surface area contributed by atoms with Crippen molar-refractivity contribution in [2.45, 2.75) is 26.7 Å². The lowest BCUT2D eigenvalue weighted by Gasteiger charge is -2.17. The van der Waals surface area contributed by atoms with Gasteiger partial charge in [-0.25, -0.2) is 10.8 Å². The van der Waals surface area contributed by atoms with Crippen LogP contribution in [0.2, 0.25) is 0 Å². The van der Waals surface area contributed by atoms with Gasteiger partial charge in [-0.2, -0.15) is 4.98 Å². The van der Waals surface area contributed by atoms with E-state index in [0.717, 1.165) is 36.1 Å². The topological polar surface area (TPSA) is 67.1 Å². The zero-order valence-corrected chi connectivity index (χ0v) is 9.25. The highest BCUT2D eigenvalue weighted by Gasteiger charge is 2.17. The average molecular weight is 207 g/mol. The maximum Gasteiger partial charge on any atom is 0.227 e. The molecule has 0 bridgehead atoms. The highest BCUT2D eigenvalue weighted by Crippen LogP contribution is 2.21. The number of nitrogen functional groups attached to an aromatic ring is 1. The standard InChI is InChI=1S/C10H17N5/c1-7-8(2)12-10(13-9(7)14-11)15-5-3-4-6-15/h3-6,11H2,1-2H3,(H,12,13,14). The Balaban J connectivity index is 2.35. The molecule has 1 saturated heterocycles. The Bertz CT molecular complexity index is 357. The van der Waals surface area contributed by atoms with E-state index in [1.54, 1.807) is 0 Å². The number of nitrogens with one attached hydrogen (secondary N) is 1. The first-order valence-electron chi connectivity index (χ1n) is 5.29. The van der Waals surface area contributed by atoms with E-state index in [4.69, 9.17) is 5.84 Å². The fourth-order valence-corrected chi connectivity index (χ4v) is 1.81. The number of hydrogen-bond acceptors (Lipinski definition) is 5. The molecule has 2 heterocycles. The lowest BCUT2D eigenvalue weighted by molar-refractivity contribution is 0.883. The Morgan fingerprint density at radius 2 is 1.87 bits per heavy atom. The van der Waals surface area contributed by atoms with Crippen molar-refractivity contribution in [1.82, 2.24) is 9.97 Å². The Labute approximate surface area is 89.7 Å². The van der Waals surface area contributed by atoms with E-state index in [2.05, 4.69) is 20.3 Å². The molecular formula is C10H17N5. The summed E-state index contributed by atoms with van der Waals surface area (Å²) in [7, 11) is 0. The summed E-state index contributed by atoms with van der Waals surface area (Å²) in [4.78, 5) is 11.1. The van der Waals surface area contributed by atoms with Crippen LogP contribution in [0.15, 0.2) is 0 Å². The molecule has 0 saturated carbocycles. The van der Waals surface area contributed by atoms with Crippen LogP contribution in [-0.4, -0.2) is 23.1 Å². The molecule has 0 unspecified atom stereocenters. The van der Waals surface area contributed by atoms with E-state index in [1.165, 1.54) is 12.8 Å². The van der Waals surface area contributed by atoms with Gasteiger partial charge in [-0.05, 0) is 26.7 Å². The largest absolute Gasteiger partial charge is 0.341 e. The monoisotopic (exact) mass is 207 g/mol. The van der Waals surface area contributed by atoms with E-state index in [9.17, 15) is 0 Å². The van der Waals surface area contributed by atoms with Crippen LogP contribution in [0.4, 0.5) is 11.8 Å². The SMILES string of the molecule is Cc1nc(N2CCCC2)nc(NN)c1C. The summed E-state index contributed by atoms with van der Waals surface area (Å²) in [5.74, 6) is 6.95. The molecule has 1 aliphatic rings. The zero-order valence-electron chi connectivity index (χ0n) is 9.25. The lowest BCUT2D eigenvalue weighted by atomic mass is 10.2. The Hall–Kier alpha value is -1.36. The van der Waals surface area contributed by atoms with Gasteiger partial charge in [-0.1, -0.05) is 0 Å². The number of anilines is 2. The molecule has 1 aromatic heterocycles. The highest BCUT2D eigenvalue weighted by atomic mass is 15.3.